The summed E-state index contributed by atoms with van der Waals surface area (Å²) in [5.41, 5.74) is 0.795. The second-order valence-electron chi connectivity index (χ2n) is 3.50. The van der Waals surface area contributed by atoms with Crippen molar-refractivity contribution in [3.63, 3.8) is 0 Å². The summed E-state index contributed by atoms with van der Waals surface area (Å²) in [6.07, 6.45) is 1.62. The standard InChI is InChI=1S/C10H12N4O3/c1-17-10-3-2-8(6-12-10)13-5-4-11-9(13)7-14(15)16/h2-3,6H,4-5,7H2,1H3. The van der Waals surface area contributed by atoms with Crippen LogP contribution >= 0.6 is 0 Å². The van der Waals surface area contributed by atoms with E-state index in [-0.39, 0.29) is 11.5 Å². The highest BCUT2D eigenvalue weighted by atomic mass is 16.6. The molecule has 1 aliphatic rings. The second kappa shape index (κ2) is 4.77. The Kier molecular flexibility index (Phi) is 3.17. The number of amidine groups is 1. The van der Waals surface area contributed by atoms with Gasteiger partial charge >= 0.3 is 0 Å². The summed E-state index contributed by atoms with van der Waals surface area (Å²) in [5, 5.41) is 10.5. The maximum absolute atomic E-state index is 10.5. The largest absolute Gasteiger partial charge is 0.481 e. The number of nitrogens with zero attached hydrogens (tertiary/aromatic N) is 4. The van der Waals surface area contributed by atoms with E-state index < -0.39 is 0 Å². The van der Waals surface area contributed by atoms with E-state index >= 15 is 0 Å². The Balaban J connectivity index is 2.15. The number of ether oxygens (including phenoxy) is 1. The Morgan fingerprint density at radius 1 is 1.59 bits per heavy atom. The van der Waals surface area contributed by atoms with Crippen molar-refractivity contribution in [3.05, 3.63) is 28.4 Å². The molecule has 1 aromatic heterocycles. The zero-order valence-corrected chi connectivity index (χ0v) is 9.37. The van der Waals surface area contributed by atoms with Crippen LogP contribution in [0.15, 0.2) is 23.3 Å². The van der Waals surface area contributed by atoms with Crippen molar-refractivity contribution in [2.24, 2.45) is 4.99 Å². The van der Waals surface area contributed by atoms with Crippen LogP contribution in [0.3, 0.4) is 0 Å². The van der Waals surface area contributed by atoms with Crippen LogP contribution in [0, 0.1) is 10.1 Å². The smallest absolute Gasteiger partial charge is 0.260 e. The number of pyridine rings is 1. The molecule has 0 spiro atoms. The lowest BCUT2D eigenvalue weighted by atomic mass is 10.3. The minimum Gasteiger partial charge on any atom is -0.481 e. The first-order valence-corrected chi connectivity index (χ1v) is 5.13. The van der Waals surface area contributed by atoms with Gasteiger partial charge in [0.1, 0.15) is 0 Å². The molecule has 0 aromatic carbocycles. The summed E-state index contributed by atoms with van der Waals surface area (Å²) in [4.78, 5) is 20.1. The van der Waals surface area contributed by atoms with Crippen molar-refractivity contribution >= 4 is 11.5 Å². The monoisotopic (exact) mass is 236 g/mol. The van der Waals surface area contributed by atoms with Crippen LogP contribution in [-0.2, 0) is 0 Å². The average molecular weight is 236 g/mol. The van der Waals surface area contributed by atoms with E-state index in [0.717, 1.165) is 5.69 Å². The topological polar surface area (TPSA) is 80.9 Å². The molecule has 7 heteroatoms. The Labute approximate surface area is 97.9 Å². The average Bonchev–Trinajstić information content (AvgIpc) is 2.76. The Morgan fingerprint density at radius 3 is 3.00 bits per heavy atom. The van der Waals surface area contributed by atoms with Gasteiger partial charge in [-0.1, -0.05) is 0 Å². The molecule has 1 aliphatic heterocycles. The van der Waals surface area contributed by atoms with Crippen LogP contribution < -0.4 is 9.64 Å². The van der Waals surface area contributed by atoms with Gasteiger partial charge in [-0.2, -0.15) is 0 Å². The van der Waals surface area contributed by atoms with Gasteiger partial charge in [0.15, 0.2) is 5.84 Å². The Morgan fingerprint density at radius 2 is 2.41 bits per heavy atom. The van der Waals surface area contributed by atoms with Gasteiger partial charge in [-0.3, -0.25) is 15.1 Å². The molecule has 0 amide bonds. The fourth-order valence-electron chi connectivity index (χ4n) is 1.68. The first kappa shape index (κ1) is 11.3. The van der Waals surface area contributed by atoms with Gasteiger partial charge < -0.3 is 9.64 Å². The number of nitro groups is 1. The molecule has 0 N–H and O–H groups in total. The van der Waals surface area contributed by atoms with Crippen LogP contribution in [-0.4, -0.2) is 42.5 Å². The summed E-state index contributed by atoms with van der Waals surface area (Å²) < 4.78 is 4.96. The molecular formula is C10H12N4O3. The van der Waals surface area contributed by atoms with Crippen molar-refractivity contribution in [1.29, 1.82) is 0 Å². The molecule has 0 unspecified atom stereocenters. The lowest BCUT2D eigenvalue weighted by Crippen LogP contribution is -2.32. The number of aliphatic imine (C=N–C) groups is 1. The fourth-order valence-corrected chi connectivity index (χ4v) is 1.68. The highest BCUT2D eigenvalue weighted by Gasteiger charge is 2.22. The highest BCUT2D eigenvalue weighted by molar-refractivity contribution is 5.99. The van der Waals surface area contributed by atoms with Gasteiger partial charge in [0.2, 0.25) is 5.88 Å². The molecule has 7 nitrogen and oxygen atoms in total. The highest BCUT2D eigenvalue weighted by Crippen LogP contribution is 2.19. The van der Waals surface area contributed by atoms with E-state index in [9.17, 15) is 10.1 Å². The second-order valence-corrected chi connectivity index (χ2v) is 3.50. The normalized spacial score (nSPS) is 14.6. The first-order valence-electron chi connectivity index (χ1n) is 5.13. The third kappa shape index (κ3) is 2.49. The van der Waals surface area contributed by atoms with Crippen LogP contribution in [0.25, 0.3) is 0 Å². The summed E-state index contributed by atoms with van der Waals surface area (Å²) >= 11 is 0. The van der Waals surface area contributed by atoms with Crippen molar-refractivity contribution < 1.29 is 9.66 Å². The fraction of sp³-hybridized carbons (Fsp3) is 0.400. The number of hydrogen-bond donors (Lipinski definition) is 0. The molecular weight excluding hydrogens is 224 g/mol. The van der Waals surface area contributed by atoms with Crippen molar-refractivity contribution in [2.75, 3.05) is 31.6 Å². The lowest BCUT2D eigenvalue weighted by Gasteiger charge is -2.17. The van der Waals surface area contributed by atoms with E-state index in [4.69, 9.17) is 4.74 Å². The van der Waals surface area contributed by atoms with Gasteiger partial charge in [-0.05, 0) is 6.07 Å². The molecule has 0 bridgehead atoms. The third-order valence-corrected chi connectivity index (χ3v) is 2.44. The van der Waals surface area contributed by atoms with Crippen LogP contribution in [0.5, 0.6) is 5.88 Å². The van der Waals surface area contributed by atoms with Crippen LogP contribution in [0.1, 0.15) is 0 Å². The molecule has 17 heavy (non-hydrogen) atoms. The van der Waals surface area contributed by atoms with Crippen LogP contribution in [0.4, 0.5) is 5.69 Å². The quantitative estimate of drug-likeness (QED) is 0.564. The van der Waals surface area contributed by atoms with E-state index in [1.54, 1.807) is 17.2 Å². The molecule has 1 aromatic rings. The zero-order chi connectivity index (χ0) is 12.3. The summed E-state index contributed by atoms with van der Waals surface area (Å²) in [5.74, 6) is 0.989. The molecule has 0 aliphatic carbocycles. The summed E-state index contributed by atoms with van der Waals surface area (Å²) in [6, 6.07) is 3.53. The predicted molar refractivity (Wildman–Crippen MR) is 62.3 cm³/mol. The zero-order valence-electron chi connectivity index (χ0n) is 9.37. The summed E-state index contributed by atoms with van der Waals surface area (Å²) in [6.45, 7) is 0.971. The van der Waals surface area contributed by atoms with E-state index in [2.05, 4.69) is 9.98 Å². The van der Waals surface area contributed by atoms with Gasteiger partial charge in [0, 0.05) is 17.5 Å². The SMILES string of the molecule is COc1ccc(N2CCN=C2C[N+](=O)[O-])cn1. The number of anilines is 1. The number of aromatic nitrogens is 1. The number of hydrogen-bond acceptors (Lipinski definition) is 6. The molecule has 0 saturated carbocycles. The summed E-state index contributed by atoms with van der Waals surface area (Å²) in [7, 11) is 1.54. The third-order valence-electron chi connectivity index (χ3n) is 2.44. The van der Waals surface area contributed by atoms with Crippen molar-refractivity contribution in [1.82, 2.24) is 4.98 Å². The van der Waals surface area contributed by atoms with Gasteiger partial charge in [-0.25, -0.2) is 4.98 Å². The molecule has 2 heterocycles. The van der Waals surface area contributed by atoms with E-state index in [1.165, 1.54) is 7.11 Å². The number of rotatable bonds is 4. The number of methoxy groups -OCH3 is 1. The molecule has 90 valence electrons. The van der Waals surface area contributed by atoms with Crippen LogP contribution in [0.2, 0.25) is 0 Å². The van der Waals surface area contributed by atoms with Gasteiger partial charge in [0.25, 0.3) is 6.54 Å². The van der Waals surface area contributed by atoms with E-state index in [0.29, 0.717) is 24.8 Å². The molecule has 2 rings (SSSR count). The predicted octanol–water partition coefficient (Wildman–Crippen LogP) is 0.585. The minimum absolute atomic E-state index is 0.258. The molecule has 0 radical (unpaired) electrons. The first-order chi connectivity index (χ1) is 8.20. The Hall–Kier alpha value is -2.18. The minimum atomic E-state index is -0.381. The molecule has 0 atom stereocenters. The maximum atomic E-state index is 10.5. The maximum Gasteiger partial charge on any atom is 0.260 e. The Bertz CT molecular complexity index is 443. The van der Waals surface area contributed by atoms with E-state index in [1.807, 2.05) is 6.07 Å². The van der Waals surface area contributed by atoms with Gasteiger partial charge in [-0.15, -0.1) is 0 Å². The molecule has 0 fully saturated rings. The molecule has 0 saturated heterocycles. The van der Waals surface area contributed by atoms with Gasteiger partial charge in [0.05, 0.1) is 25.5 Å². The lowest BCUT2D eigenvalue weighted by molar-refractivity contribution is -0.463. The van der Waals surface area contributed by atoms with Crippen molar-refractivity contribution in [2.45, 2.75) is 0 Å². The van der Waals surface area contributed by atoms with Crippen molar-refractivity contribution in [3.8, 4) is 5.88 Å².